The first kappa shape index (κ1) is 17.4. The lowest BCUT2D eigenvalue weighted by Crippen LogP contribution is -2.41. The van der Waals surface area contributed by atoms with Crippen LogP contribution in [0.15, 0.2) is 24.3 Å². The predicted octanol–water partition coefficient (Wildman–Crippen LogP) is -0.000400. The summed E-state index contributed by atoms with van der Waals surface area (Å²) in [6.07, 6.45) is 1.09. The van der Waals surface area contributed by atoms with Gasteiger partial charge in [0.05, 0.1) is 18.8 Å². The van der Waals surface area contributed by atoms with Crippen LogP contribution in [-0.2, 0) is 14.3 Å². The molecule has 0 spiro atoms. The van der Waals surface area contributed by atoms with Gasteiger partial charge in [0.2, 0.25) is 0 Å². The first-order chi connectivity index (χ1) is 11.1. The molecular formula is C16H23N3O4. The quantitative estimate of drug-likeness (QED) is 0.679. The molecule has 23 heavy (non-hydrogen) atoms. The molecule has 3 N–H and O–H groups in total. The molecule has 1 amide bonds. The Morgan fingerprint density at radius 2 is 2.13 bits per heavy atom. The Morgan fingerprint density at radius 1 is 1.39 bits per heavy atom. The van der Waals surface area contributed by atoms with Gasteiger partial charge in [-0.2, -0.15) is 0 Å². The lowest BCUT2D eigenvalue weighted by Gasteiger charge is -2.26. The highest BCUT2D eigenvalue weighted by Crippen LogP contribution is 2.19. The summed E-state index contributed by atoms with van der Waals surface area (Å²) in [6.45, 7) is 1.99. The second-order valence-electron chi connectivity index (χ2n) is 5.44. The van der Waals surface area contributed by atoms with E-state index in [0.717, 1.165) is 17.7 Å². The summed E-state index contributed by atoms with van der Waals surface area (Å²) in [7, 11) is 1.87. The molecule has 0 radical (unpaired) electrons. The normalized spacial score (nSPS) is 23.9. The second kappa shape index (κ2) is 8.61. The maximum absolute atomic E-state index is 11.5. The number of nitrogens with zero attached hydrogens (tertiary/aromatic N) is 1. The summed E-state index contributed by atoms with van der Waals surface area (Å²) in [5.74, 6) is 0.0263. The number of hydrogen-bond donors (Lipinski definition) is 3. The highest BCUT2D eigenvalue weighted by molar-refractivity contribution is 5.94. The number of nitrogens with one attached hydrogen (secondary N) is 2. The summed E-state index contributed by atoms with van der Waals surface area (Å²) in [5, 5.41) is 14.7. The zero-order valence-corrected chi connectivity index (χ0v) is 13.2. The number of carbonyl (C=O) groups is 2. The van der Waals surface area contributed by atoms with Gasteiger partial charge in [0.15, 0.2) is 0 Å². The van der Waals surface area contributed by atoms with Crippen LogP contribution in [0, 0.1) is 0 Å². The van der Waals surface area contributed by atoms with E-state index in [0.29, 0.717) is 26.1 Å². The smallest absolute Gasteiger partial charge is 0.253 e. The number of anilines is 2. The number of aliphatic hydroxyl groups excluding tert-OH is 1. The predicted molar refractivity (Wildman–Crippen MR) is 87.6 cm³/mol. The summed E-state index contributed by atoms with van der Waals surface area (Å²) in [4.78, 5) is 23.3. The van der Waals surface area contributed by atoms with Crippen LogP contribution in [-0.4, -0.2) is 62.8 Å². The Kier molecular flexibility index (Phi) is 6.52. The van der Waals surface area contributed by atoms with E-state index < -0.39 is 0 Å². The van der Waals surface area contributed by atoms with E-state index in [1.54, 1.807) is 4.90 Å². The lowest BCUT2D eigenvalue weighted by atomic mass is 10.2. The van der Waals surface area contributed by atoms with Crippen LogP contribution >= 0.6 is 0 Å². The van der Waals surface area contributed by atoms with Crippen molar-refractivity contribution in [1.82, 2.24) is 5.32 Å². The number of hydrogen-bond acceptors (Lipinski definition) is 6. The third-order valence-electron chi connectivity index (χ3n) is 3.76. The van der Waals surface area contributed by atoms with Crippen molar-refractivity contribution in [3.8, 4) is 0 Å². The molecule has 2 saturated heterocycles. The average Bonchev–Trinajstić information content (AvgIpc) is 3.02. The van der Waals surface area contributed by atoms with Crippen molar-refractivity contribution in [3.63, 3.8) is 0 Å². The Morgan fingerprint density at radius 3 is 2.61 bits per heavy atom. The molecule has 7 heteroatoms. The van der Waals surface area contributed by atoms with E-state index in [-0.39, 0.29) is 24.7 Å². The number of amides is 1. The van der Waals surface area contributed by atoms with Gasteiger partial charge in [-0.25, -0.2) is 0 Å². The summed E-state index contributed by atoms with van der Waals surface area (Å²) in [5.41, 5.74) is 1.97. The van der Waals surface area contributed by atoms with Gasteiger partial charge < -0.3 is 30.2 Å². The lowest BCUT2D eigenvalue weighted by molar-refractivity contribution is -0.125. The number of rotatable bonds is 3. The molecule has 0 aliphatic carbocycles. The maximum Gasteiger partial charge on any atom is 0.253 e. The van der Waals surface area contributed by atoms with Gasteiger partial charge in [-0.1, -0.05) is 0 Å². The monoisotopic (exact) mass is 321 g/mol. The van der Waals surface area contributed by atoms with Crippen LogP contribution in [0.3, 0.4) is 0 Å². The van der Waals surface area contributed by atoms with Crippen LogP contribution < -0.4 is 15.5 Å². The van der Waals surface area contributed by atoms with E-state index in [2.05, 4.69) is 10.6 Å². The number of carbonyl (C=O) groups excluding carboxylic acids is 2. The Hall–Kier alpha value is -1.96. The number of benzene rings is 1. The van der Waals surface area contributed by atoms with E-state index >= 15 is 0 Å². The van der Waals surface area contributed by atoms with E-state index in [1.807, 2.05) is 31.3 Å². The topological polar surface area (TPSA) is 90.9 Å². The minimum absolute atomic E-state index is 0.0263. The number of morpholine rings is 1. The first-order valence-corrected chi connectivity index (χ1v) is 7.66. The minimum Gasteiger partial charge on any atom is -0.392 e. The molecule has 3 rings (SSSR count). The van der Waals surface area contributed by atoms with Crippen molar-refractivity contribution in [1.29, 1.82) is 0 Å². The Labute approximate surface area is 135 Å². The van der Waals surface area contributed by atoms with Gasteiger partial charge in [0.25, 0.3) is 5.91 Å². The van der Waals surface area contributed by atoms with Crippen molar-refractivity contribution in [2.45, 2.75) is 18.6 Å². The molecule has 2 aliphatic heterocycles. The van der Waals surface area contributed by atoms with E-state index in [4.69, 9.17) is 9.84 Å². The van der Waals surface area contributed by atoms with Crippen LogP contribution in [0.1, 0.15) is 6.42 Å². The molecule has 0 aromatic heterocycles. The summed E-state index contributed by atoms with van der Waals surface area (Å²) < 4.78 is 5.07. The third kappa shape index (κ3) is 5.02. The van der Waals surface area contributed by atoms with Crippen molar-refractivity contribution in [3.05, 3.63) is 24.3 Å². The van der Waals surface area contributed by atoms with Crippen LogP contribution in [0.2, 0.25) is 0 Å². The molecule has 2 unspecified atom stereocenters. The fourth-order valence-corrected chi connectivity index (χ4v) is 2.45. The zero-order valence-electron chi connectivity index (χ0n) is 13.2. The van der Waals surface area contributed by atoms with Gasteiger partial charge in [0, 0.05) is 31.5 Å². The SMILES string of the molecule is CNc1ccc(N2CCOCC2=O)cc1.O=CC1CC(O)CN1. The molecule has 7 nitrogen and oxygen atoms in total. The molecule has 0 bridgehead atoms. The highest BCUT2D eigenvalue weighted by Gasteiger charge is 2.20. The maximum atomic E-state index is 11.5. The summed E-state index contributed by atoms with van der Waals surface area (Å²) in [6, 6.07) is 7.69. The van der Waals surface area contributed by atoms with Gasteiger partial charge in [-0.05, 0) is 30.7 Å². The molecule has 1 aromatic carbocycles. The molecule has 2 atom stereocenters. The molecule has 126 valence electrons. The Balaban J connectivity index is 0.000000203. The number of aldehydes is 1. The molecule has 0 saturated carbocycles. The van der Waals surface area contributed by atoms with Crippen molar-refractivity contribution in [2.75, 3.05) is 43.6 Å². The molecule has 2 fully saturated rings. The fraction of sp³-hybridized carbons (Fsp3) is 0.500. The molecule has 2 aliphatic rings. The van der Waals surface area contributed by atoms with Gasteiger partial charge in [-0.3, -0.25) is 4.79 Å². The molecule has 2 heterocycles. The molecular weight excluding hydrogens is 298 g/mol. The van der Waals surface area contributed by atoms with Gasteiger partial charge >= 0.3 is 0 Å². The number of aliphatic hydroxyl groups is 1. The highest BCUT2D eigenvalue weighted by atomic mass is 16.5. The number of β-amino-alcohol motifs (C(OH)–C–C–N with tert-alkyl or cyclic N) is 1. The van der Waals surface area contributed by atoms with E-state index in [9.17, 15) is 9.59 Å². The average molecular weight is 321 g/mol. The minimum atomic E-state index is -0.315. The zero-order chi connectivity index (χ0) is 16.7. The van der Waals surface area contributed by atoms with E-state index in [1.165, 1.54) is 0 Å². The van der Waals surface area contributed by atoms with Crippen molar-refractivity contribution in [2.24, 2.45) is 0 Å². The largest absolute Gasteiger partial charge is 0.392 e. The third-order valence-corrected chi connectivity index (χ3v) is 3.76. The Bertz CT molecular complexity index is 521. The van der Waals surface area contributed by atoms with Crippen molar-refractivity contribution >= 4 is 23.6 Å². The van der Waals surface area contributed by atoms with Gasteiger partial charge in [0.1, 0.15) is 12.9 Å². The standard InChI is InChI=1S/C11H14N2O2.C5H9NO2/c1-12-9-2-4-10(5-3-9)13-6-7-15-8-11(13)14;7-3-4-1-5(8)2-6-4/h2-5,12H,6-8H2,1H3;3-6,8H,1-2H2. The van der Waals surface area contributed by atoms with Crippen LogP contribution in [0.4, 0.5) is 11.4 Å². The second-order valence-corrected chi connectivity index (χ2v) is 5.44. The first-order valence-electron chi connectivity index (χ1n) is 7.66. The summed E-state index contributed by atoms with van der Waals surface area (Å²) >= 11 is 0. The van der Waals surface area contributed by atoms with Crippen LogP contribution in [0.25, 0.3) is 0 Å². The van der Waals surface area contributed by atoms with Gasteiger partial charge in [-0.15, -0.1) is 0 Å². The van der Waals surface area contributed by atoms with Crippen LogP contribution in [0.5, 0.6) is 0 Å². The van der Waals surface area contributed by atoms with Crippen molar-refractivity contribution < 1.29 is 19.4 Å². The fourth-order valence-electron chi connectivity index (χ4n) is 2.45. The number of ether oxygens (including phenoxy) is 1. The molecule has 1 aromatic rings.